The second kappa shape index (κ2) is 6.11. The molecule has 1 aliphatic rings. The SMILES string of the molecule is COc1ccc(C)cc1S(=O)(=O)NC1CCCC(N)C1. The number of hydrogen-bond donors (Lipinski definition) is 2. The first-order valence-electron chi connectivity index (χ1n) is 6.85. The van der Waals surface area contributed by atoms with E-state index >= 15 is 0 Å². The van der Waals surface area contributed by atoms with Crippen molar-refractivity contribution in [1.82, 2.24) is 4.72 Å². The van der Waals surface area contributed by atoms with Gasteiger partial charge in [-0.1, -0.05) is 12.5 Å². The summed E-state index contributed by atoms with van der Waals surface area (Å²) >= 11 is 0. The first kappa shape index (κ1) is 15.3. The van der Waals surface area contributed by atoms with Gasteiger partial charge in [0.15, 0.2) is 0 Å². The molecule has 1 aromatic rings. The van der Waals surface area contributed by atoms with E-state index in [1.807, 2.05) is 13.0 Å². The van der Waals surface area contributed by atoms with E-state index in [4.69, 9.17) is 10.5 Å². The van der Waals surface area contributed by atoms with E-state index in [1.54, 1.807) is 12.1 Å². The molecule has 0 amide bonds. The van der Waals surface area contributed by atoms with Crippen molar-refractivity contribution in [2.45, 2.75) is 49.6 Å². The minimum absolute atomic E-state index is 0.0795. The number of methoxy groups -OCH3 is 1. The molecule has 3 N–H and O–H groups in total. The summed E-state index contributed by atoms with van der Waals surface area (Å²) in [6.45, 7) is 1.86. The molecule has 112 valence electrons. The minimum Gasteiger partial charge on any atom is -0.495 e. The fraction of sp³-hybridized carbons (Fsp3) is 0.571. The standard InChI is InChI=1S/C14H22N2O3S/c1-10-6-7-13(19-2)14(8-10)20(17,18)16-12-5-3-4-11(15)9-12/h6-8,11-12,16H,3-5,9,15H2,1-2H3. The quantitative estimate of drug-likeness (QED) is 0.883. The summed E-state index contributed by atoms with van der Waals surface area (Å²) in [4.78, 5) is 0.194. The minimum atomic E-state index is -3.58. The van der Waals surface area contributed by atoms with Crippen molar-refractivity contribution < 1.29 is 13.2 Å². The zero-order valence-electron chi connectivity index (χ0n) is 11.9. The van der Waals surface area contributed by atoms with Gasteiger partial charge in [0.05, 0.1) is 7.11 Å². The Bertz CT molecular complexity index is 572. The predicted molar refractivity (Wildman–Crippen MR) is 78.3 cm³/mol. The molecule has 2 unspecified atom stereocenters. The highest BCUT2D eigenvalue weighted by Crippen LogP contribution is 2.26. The maximum Gasteiger partial charge on any atom is 0.244 e. The van der Waals surface area contributed by atoms with Crippen LogP contribution < -0.4 is 15.2 Å². The van der Waals surface area contributed by atoms with Crippen LogP contribution in [0.1, 0.15) is 31.2 Å². The van der Waals surface area contributed by atoms with E-state index in [9.17, 15) is 8.42 Å². The summed E-state index contributed by atoms with van der Waals surface area (Å²) in [5.41, 5.74) is 6.78. The average molecular weight is 298 g/mol. The Balaban J connectivity index is 2.24. The van der Waals surface area contributed by atoms with Gasteiger partial charge in [-0.25, -0.2) is 13.1 Å². The first-order chi connectivity index (χ1) is 9.42. The van der Waals surface area contributed by atoms with Crippen LogP contribution in [0.4, 0.5) is 0 Å². The molecule has 0 aliphatic heterocycles. The second-order valence-corrected chi connectivity index (χ2v) is 7.08. The monoisotopic (exact) mass is 298 g/mol. The molecule has 1 fully saturated rings. The number of rotatable bonds is 4. The second-order valence-electron chi connectivity index (χ2n) is 5.40. The van der Waals surface area contributed by atoms with E-state index in [0.29, 0.717) is 12.2 Å². The number of aryl methyl sites for hydroxylation is 1. The summed E-state index contributed by atoms with van der Waals surface area (Å²) in [6.07, 6.45) is 3.44. The Morgan fingerprint density at radius 2 is 2.10 bits per heavy atom. The van der Waals surface area contributed by atoms with E-state index in [1.165, 1.54) is 7.11 Å². The number of nitrogens with one attached hydrogen (secondary N) is 1. The van der Waals surface area contributed by atoms with Crippen molar-refractivity contribution in [1.29, 1.82) is 0 Å². The number of benzene rings is 1. The largest absolute Gasteiger partial charge is 0.495 e. The van der Waals surface area contributed by atoms with Crippen LogP contribution in [-0.4, -0.2) is 27.6 Å². The first-order valence-corrected chi connectivity index (χ1v) is 8.33. The van der Waals surface area contributed by atoms with Crippen LogP contribution in [0.2, 0.25) is 0 Å². The zero-order chi connectivity index (χ0) is 14.8. The van der Waals surface area contributed by atoms with Crippen molar-refractivity contribution in [3.63, 3.8) is 0 Å². The van der Waals surface area contributed by atoms with Crippen LogP contribution in [0.25, 0.3) is 0 Å². The lowest BCUT2D eigenvalue weighted by Gasteiger charge is -2.27. The van der Waals surface area contributed by atoms with Crippen LogP contribution in [-0.2, 0) is 10.0 Å². The number of ether oxygens (including phenoxy) is 1. The number of sulfonamides is 1. The number of hydrogen-bond acceptors (Lipinski definition) is 4. The third-order valence-corrected chi connectivity index (χ3v) is 5.19. The lowest BCUT2D eigenvalue weighted by Crippen LogP contribution is -2.42. The molecule has 20 heavy (non-hydrogen) atoms. The third-order valence-electron chi connectivity index (χ3n) is 3.65. The average Bonchev–Trinajstić information content (AvgIpc) is 2.38. The molecule has 6 heteroatoms. The lowest BCUT2D eigenvalue weighted by molar-refractivity contribution is 0.369. The van der Waals surface area contributed by atoms with Crippen LogP contribution in [0.5, 0.6) is 5.75 Å². The molecule has 5 nitrogen and oxygen atoms in total. The fourth-order valence-electron chi connectivity index (χ4n) is 2.61. The van der Waals surface area contributed by atoms with E-state index in [-0.39, 0.29) is 17.0 Å². The summed E-state index contributed by atoms with van der Waals surface area (Å²) in [5.74, 6) is 0.364. The van der Waals surface area contributed by atoms with Crippen molar-refractivity contribution in [2.24, 2.45) is 5.73 Å². The molecule has 0 spiro atoms. The molecule has 0 heterocycles. The van der Waals surface area contributed by atoms with Gasteiger partial charge in [-0.05, 0) is 43.9 Å². The Hall–Kier alpha value is -1.11. The van der Waals surface area contributed by atoms with E-state index < -0.39 is 10.0 Å². The third kappa shape index (κ3) is 3.50. The van der Waals surface area contributed by atoms with Crippen molar-refractivity contribution >= 4 is 10.0 Å². The Morgan fingerprint density at radius 3 is 2.75 bits per heavy atom. The maximum absolute atomic E-state index is 12.5. The topological polar surface area (TPSA) is 81.4 Å². The van der Waals surface area contributed by atoms with Gasteiger partial charge in [0.25, 0.3) is 0 Å². The van der Waals surface area contributed by atoms with Gasteiger partial charge in [0.1, 0.15) is 10.6 Å². The lowest BCUT2D eigenvalue weighted by atomic mass is 9.92. The molecule has 2 atom stereocenters. The van der Waals surface area contributed by atoms with Crippen LogP contribution in [0.3, 0.4) is 0 Å². The van der Waals surface area contributed by atoms with Gasteiger partial charge >= 0.3 is 0 Å². The van der Waals surface area contributed by atoms with Gasteiger partial charge < -0.3 is 10.5 Å². The summed E-state index contributed by atoms with van der Waals surface area (Å²) < 4.78 is 32.9. The van der Waals surface area contributed by atoms with Crippen LogP contribution >= 0.6 is 0 Å². The molecule has 1 aliphatic carbocycles. The molecule has 0 radical (unpaired) electrons. The van der Waals surface area contributed by atoms with Gasteiger partial charge in [0, 0.05) is 12.1 Å². The van der Waals surface area contributed by atoms with Gasteiger partial charge in [-0.3, -0.25) is 0 Å². The fourth-order valence-corrected chi connectivity index (χ4v) is 4.15. The van der Waals surface area contributed by atoms with E-state index in [0.717, 1.165) is 24.8 Å². The van der Waals surface area contributed by atoms with Crippen molar-refractivity contribution in [3.8, 4) is 5.75 Å². The molecular weight excluding hydrogens is 276 g/mol. The molecule has 2 rings (SSSR count). The summed E-state index contributed by atoms with van der Waals surface area (Å²) in [5, 5.41) is 0. The van der Waals surface area contributed by atoms with Gasteiger partial charge in [-0.2, -0.15) is 0 Å². The Morgan fingerprint density at radius 1 is 1.35 bits per heavy atom. The van der Waals surface area contributed by atoms with Gasteiger partial charge in [-0.15, -0.1) is 0 Å². The predicted octanol–water partition coefficient (Wildman–Crippen LogP) is 1.55. The zero-order valence-corrected chi connectivity index (χ0v) is 12.7. The van der Waals surface area contributed by atoms with E-state index in [2.05, 4.69) is 4.72 Å². The highest BCUT2D eigenvalue weighted by atomic mass is 32.2. The Kier molecular flexibility index (Phi) is 4.67. The number of nitrogens with two attached hydrogens (primary N) is 1. The van der Waals surface area contributed by atoms with Crippen molar-refractivity contribution in [2.75, 3.05) is 7.11 Å². The normalized spacial score (nSPS) is 23.6. The molecule has 1 saturated carbocycles. The summed E-state index contributed by atoms with van der Waals surface area (Å²) in [6, 6.07) is 5.12. The smallest absolute Gasteiger partial charge is 0.244 e. The maximum atomic E-state index is 12.5. The highest BCUT2D eigenvalue weighted by molar-refractivity contribution is 7.89. The summed E-state index contributed by atoms with van der Waals surface area (Å²) in [7, 11) is -2.11. The Labute approximate surface area is 120 Å². The molecule has 0 bridgehead atoms. The van der Waals surface area contributed by atoms with Gasteiger partial charge in [0.2, 0.25) is 10.0 Å². The molecule has 1 aromatic carbocycles. The molecular formula is C14H22N2O3S. The van der Waals surface area contributed by atoms with Crippen LogP contribution in [0, 0.1) is 6.92 Å². The molecule has 0 saturated heterocycles. The highest BCUT2D eigenvalue weighted by Gasteiger charge is 2.26. The van der Waals surface area contributed by atoms with Crippen molar-refractivity contribution in [3.05, 3.63) is 23.8 Å². The molecule has 0 aromatic heterocycles. The van der Waals surface area contributed by atoms with Crippen LogP contribution in [0.15, 0.2) is 23.1 Å².